The molecule has 0 amide bonds. The molecule has 0 bridgehead atoms. The first-order valence-electron chi connectivity index (χ1n) is 6.90. The third kappa shape index (κ3) is 3.94. The maximum absolute atomic E-state index is 5.76. The average Bonchev–Trinajstić information content (AvgIpc) is 2.36. The molecule has 2 rings (SSSR count). The lowest BCUT2D eigenvalue weighted by Crippen LogP contribution is -2.48. The Balaban J connectivity index is 2.10. The zero-order valence-corrected chi connectivity index (χ0v) is 13.6. The van der Waals surface area contributed by atoms with Gasteiger partial charge < -0.3 is 15.0 Å². The van der Waals surface area contributed by atoms with Crippen molar-refractivity contribution in [2.24, 2.45) is 0 Å². The van der Waals surface area contributed by atoms with Crippen LogP contribution in [0.3, 0.4) is 0 Å². The van der Waals surface area contributed by atoms with E-state index in [0.717, 1.165) is 32.8 Å². The number of benzene rings is 1. The number of ether oxygens (including phenoxy) is 1. The van der Waals surface area contributed by atoms with Crippen molar-refractivity contribution in [3.8, 4) is 0 Å². The second kappa shape index (κ2) is 6.25. The Kier molecular flexibility index (Phi) is 4.87. The quantitative estimate of drug-likeness (QED) is 0.919. The molecule has 1 aliphatic rings. The SMILES string of the molecule is CCNCc1ccc(N2CCOC(C)(C)C2)cc1Br. The highest BCUT2D eigenvalue weighted by molar-refractivity contribution is 9.10. The molecule has 1 saturated heterocycles. The summed E-state index contributed by atoms with van der Waals surface area (Å²) in [4.78, 5) is 2.39. The average molecular weight is 327 g/mol. The Morgan fingerprint density at radius 1 is 1.42 bits per heavy atom. The Labute approximate surface area is 124 Å². The van der Waals surface area contributed by atoms with Crippen molar-refractivity contribution in [1.29, 1.82) is 0 Å². The van der Waals surface area contributed by atoms with E-state index in [-0.39, 0.29) is 5.60 Å². The van der Waals surface area contributed by atoms with E-state index in [1.807, 2.05) is 0 Å². The molecule has 1 aliphatic heterocycles. The molecule has 19 heavy (non-hydrogen) atoms. The predicted molar refractivity (Wildman–Crippen MR) is 83.8 cm³/mol. The first-order chi connectivity index (χ1) is 9.02. The van der Waals surface area contributed by atoms with Gasteiger partial charge in [-0.05, 0) is 38.1 Å². The predicted octanol–water partition coefficient (Wildman–Crippen LogP) is 3.17. The Morgan fingerprint density at radius 3 is 2.84 bits per heavy atom. The van der Waals surface area contributed by atoms with Gasteiger partial charge in [-0.15, -0.1) is 0 Å². The number of rotatable bonds is 4. The van der Waals surface area contributed by atoms with Gasteiger partial charge in [-0.25, -0.2) is 0 Å². The summed E-state index contributed by atoms with van der Waals surface area (Å²) in [6.07, 6.45) is 0. The lowest BCUT2D eigenvalue weighted by Gasteiger charge is -2.39. The summed E-state index contributed by atoms with van der Waals surface area (Å²) in [5, 5.41) is 3.35. The van der Waals surface area contributed by atoms with Gasteiger partial charge in [0.05, 0.1) is 12.2 Å². The second-order valence-electron chi connectivity index (χ2n) is 5.59. The van der Waals surface area contributed by atoms with E-state index >= 15 is 0 Å². The zero-order chi connectivity index (χ0) is 13.9. The van der Waals surface area contributed by atoms with E-state index in [1.165, 1.54) is 15.7 Å². The molecule has 1 fully saturated rings. The van der Waals surface area contributed by atoms with Crippen molar-refractivity contribution in [2.45, 2.75) is 32.9 Å². The van der Waals surface area contributed by atoms with Crippen LogP contribution in [0.15, 0.2) is 22.7 Å². The van der Waals surface area contributed by atoms with Crippen LogP contribution in [-0.4, -0.2) is 31.8 Å². The van der Waals surface area contributed by atoms with Gasteiger partial charge in [0.1, 0.15) is 0 Å². The molecule has 0 atom stereocenters. The molecule has 1 N–H and O–H groups in total. The molecule has 0 aromatic heterocycles. The highest BCUT2D eigenvalue weighted by atomic mass is 79.9. The molecular formula is C15H23BrN2O. The minimum atomic E-state index is -0.0623. The topological polar surface area (TPSA) is 24.5 Å². The molecule has 0 unspecified atom stereocenters. The summed E-state index contributed by atoms with van der Waals surface area (Å²) < 4.78 is 6.94. The fourth-order valence-electron chi connectivity index (χ4n) is 2.37. The first kappa shape index (κ1) is 14.8. The van der Waals surface area contributed by atoms with Crippen LogP contribution in [0.4, 0.5) is 5.69 Å². The van der Waals surface area contributed by atoms with E-state index in [1.54, 1.807) is 0 Å². The van der Waals surface area contributed by atoms with Crippen molar-refractivity contribution in [2.75, 3.05) is 31.1 Å². The smallest absolute Gasteiger partial charge is 0.0801 e. The van der Waals surface area contributed by atoms with Gasteiger partial charge in [0.2, 0.25) is 0 Å². The van der Waals surface area contributed by atoms with Gasteiger partial charge in [-0.1, -0.05) is 28.9 Å². The van der Waals surface area contributed by atoms with Crippen LogP contribution in [0.5, 0.6) is 0 Å². The maximum atomic E-state index is 5.76. The fourth-order valence-corrected chi connectivity index (χ4v) is 2.88. The molecule has 1 aromatic carbocycles. The van der Waals surface area contributed by atoms with Crippen molar-refractivity contribution >= 4 is 21.6 Å². The zero-order valence-electron chi connectivity index (χ0n) is 12.0. The summed E-state index contributed by atoms with van der Waals surface area (Å²) in [6, 6.07) is 6.62. The van der Waals surface area contributed by atoms with E-state index in [4.69, 9.17) is 4.74 Å². The summed E-state index contributed by atoms with van der Waals surface area (Å²) >= 11 is 3.67. The number of hydrogen-bond acceptors (Lipinski definition) is 3. The number of halogens is 1. The molecular weight excluding hydrogens is 304 g/mol. The largest absolute Gasteiger partial charge is 0.372 e. The van der Waals surface area contributed by atoms with Crippen molar-refractivity contribution in [3.63, 3.8) is 0 Å². The van der Waals surface area contributed by atoms with E-state index in [0.29, 0.717) is 0 Å². The van der Waals surface area contributed by atoms with Gasteiger partial charge in [-0.3, -0.25) is 0 Å². The van der Waals surface area contributed by atoms with Crippen LogP contribution in [0.2, 0.25) is 0 Å². The number of anilines is 1. The number of morpholine rings is 1. The molecule has 3 nitrogen and oxygen atoms in total. The first-order valence-corrected chi connectivity index (χ1v) is 7.69. The molecule has 0 aliphatic carbocycles. The third-order valence-corrected chi connectivity index (χ3v) is 4.13. The molecule has 1 heterocycles. The number of hydrogen-bond donors (Lipinski definition) is 1. The van der Waals surface area contributed by atoms with E-state index in [2.05, 4.69) is 65.1 Å². The summed E-state index contributed by atoms with van der Waals surface area (Å²) in [5.74, 6) is 0. The van der Waals surface area contributed by atoms with E-state index < -0.39 is 0 Å². The summed E-state index contributed by atoms with van der Waals surface area (Å²) in [6.45, 7) is 11.0. The standard InChI is InChI=1S/C15H23BrN2O/c1-4-17-10-12-5-6-13(9-14(12)16)18-7-8-19-15(2,3)11-18/h5-6,9,17H,4,7-8,10-11H2,1-3H3. The summed E-state index contributed by atoms with van der Waals surface area (Å²) in [7, 11) is 0. The van der Waals surface area contributed by atoms with Gasteiger partial charge in [0.25, 0.3) is 0 Å². The molecule has 4 heteroatoms. The summed E-state index contributed by atoms with van der Waals surface area (Å²) in [5.41, 5.74) is 2.51. The minimum absolute atomic E-state index is 0.0623. The Morgan fingerprint density at radius 2 is 2.21 bits per heavy atom. The van der Waals surface area contributed by atoms with Gasteiger partial charge in [-0.2, -0.15) is 0 Å². The van der Waals surface area contributed by atoms with Crippen molar-refractivity contribution in [3.05, 3.63) is 28.2 Å². The third-order valence-electron chi connectivity index (χ3n) is 3.39. The number of nitrogens with one attached hydrogen (secondary N) is 1. The highest BCUT2D eigenvalue weighted by Crippen LogP contribution is 2.27. The van der Waals surface area contributed by atoms with Crippen LogP contribution in [0.25, 0.3) is 0 Å². The van der Waals surface area contributed by atoms with E-state index in [9.17, 15) is 0 Å². The molecule has 1 aromatic rings. The van der Waals surface area contributed by atoms with Gasteiger partial charge in [0.15, 0.2) is 0 Å². The van der Waals surface area contributed by atoms with Gasteiger partial charge >= 0.3 is 0 Å². The second-order valence-corrected chi connectivity index (χ2v) is 6.44. The maximum Gasteiger partial charge on any atom is 0.0801 e. The van der Waals surface area contributed by atoms with Crippen LogP contribution in [0, 0.1) is 0 Å². The Hall–Kier alpha value is -0.580. The fraction of sp³-hybridized carbons (Fsp3) is 0.600. The highest BCUT2D eigenvalue weighted by Gasteiger charge is 2.27. The van der Waals surface area contributed by atoms with Crippen molar-refractivity contribution in [1.82, 2.24) is 5.32 Å². The lowest BCUT2D eigenvalue weighted by molar-refractivity contribution is -0.0276. The lowest BCUT2D eigenvalue weighted by atomic mass is 10.1. The van der Waals surface area contributed by atoms with Crippen LogP contribution in [-0.2, 0) is 11.3 Å². The normalized spacial score (nSPS) is 18.6. The molecule has 0 radical (unpaired) electrons. The monoisotopic (exact) mass is 326 g/mol. The van der Waals surface area contributed by atoms with Crippen LogP contribution < -0.4 is 10.2 Å². The molecule has 106 valence electrons. The van der Waals surface area contributed by atoms with Crippen LogP contribution >= 0.6 is 15.9 Å². The minimum Gasteiger partial charge on any atom is -0.372 e. The van der Waals surface area contributed by atoms with Crippen LogP contribution in [0.1, 0.15) is 26.3 Å². The molecule has 0 spiro atoms. The molecule has 0 saturated carbocycles. The number of nitrogens with zero attached hydrogens (tertiary/aromatic N) is 1. The van der Waals surface area contributed by atoms with Crippen molar-refractivity contribution < 1.29 is 4.74 Å². The Bertz CT molecular complexity index is 434. The van der Waals surface area contributed by atoms with Gasteiger partial charge in [0, 0.05) is 29.8 Å².